The van der Waals surface area contributed by atoms with Crippen molar-refractivity contribution in [2.75, 3.05) is 0 Å². The van der Waals surface area contributed by atoms with Crippen LogP contribution >= 0.6 is 0 Å². The van der Waals surface area contributed by atoms with E-state index in [9.17, 15) is 0 Å². The van der Waals surface area contributed by atoms with Crippen molar-refractivity contribution in [2.24, 2.45) is 5.16 Å². The highest BCUT2D eigenvalue weighted by molar-refractivity contribution is 5.56. The lowest BCUT2D eigenvalue weighted by Gasteiger charge is -2.03. The first kappa shape index (κ1) is 9.47. The Morgan fingerprint density at radius 1 is 1.70 bits per heavy atom. The van der Waals surface area contributed by atoms with Crippen molar-refractivity contribution >= 4 is 6.21 Å². The van der Waals surface area contributed by atoms with Crippen LogP contribution in [0.15, 0.2) is 5.16 Å². The van der Waals surface area contributed by atoms with Crippen LogP contribution < -0.4 is 0 Å². The summed E-state index contributed by atoms with van der Waals surface area (Å²) in [6, 6.07) is 0. The van der Waals surface area contributed by atoms with Crippen molar-refractivity contribution in [1.82, 2.24) is 0 Å². The van der Waals surface area contributed by atoms with E-state index in [0.29, 0.717) is 0 Å². The molecule has 10 heavy (non-hydrogen) atoms. The van der Waals surface area contributed by atoms with E-state index in [4.69, 9.17) is 4.84 Å². The van der Waals surface area contributed by atoms with Crippen LogP contribution in [0, 0.1) is 6.92 Å². The van der Waals surface area contributed by atoms with Crippen LogP contribution in [0.2, 0.25) is 0 Å². The van der Waals surface area contributed by atoms with Gasteiger partial charge < -0.3 is 4.84 Å². The smallest absolute Gasteiger partial charge is 0.124 e. The molecule has 0 fully saturated rings. The molecule has 1 atom stereocenters. The topological polar surface area (TPSA) is 21.6 Å². The Balaban J connectivity index is 3.16. The van der Waals surface area contributed by atoms with Crippen molar-refractivity contribution < 1.29 is 4.84 Å². The first-order valence-electron chi connectivity index (χ1n) is 3.78. The summed E-state index contributed by atoms with van der Waals surface area (Å²) in [4.78, 5) is 5.03. The first-order chi connectivity index (χ1) is 4.81. The van der Waals surface area contributed by atoms with Gasteiger partial charge in [-0.3, -0.25) is 0 Å². The Labute approximate surface area is 63.3 Å². The van der Waals surface area contributed by atoms with Gasteiger partial charge in [0.1, 0.15) is 6.10 Å². The average molecular weight is 142 g/mol. The quantitative estimate of drug-likeness (QED) is 0.426. The van der Waals surface area contributed by atoms with Gasteiger partial charge in [0.2, 0.25) is 0 Å². The van der Waals surface area contributed by atoms with E-state index in [2.05, 4.69) is 19.0 Å². The second kappa shape index (κ2) is 6.59. The molecule has 0 aliphatic heterocycles. The minimum absolute atomic E-state index is 0.237. The Morgan fingerprint density at radius 3 is 2.90 bits per heavy atom. The Hall–Kier alpha value is -0.530. The van der Waals surface area contributed by atoms with Crippen molar-refractivity contribution in [3.63, 3.8) is 0 Å². The monoisotopic (exact) mass is 142 g/mol. The van der Waals surface area contributed by atoms with Crippen molar-refractivity contribution in [2.45, 2.75) is 39.2 Å². The zero-order valence-electron chi connectivity index (χ0n) is 6.84. The normalized spacial score (nSPS) is 13.9. The Bertz CT molecular complexity index is 91.3. The van der Waals surface area contributed by atoms with Gasteiger partial charge >= 0.3 is 0 Å². The maximum atomic E-state index is 5.03. The molecule has 0 aromatic rings. The van der Waals surface area contributed by atoms with Crippen LogP contribution in [0.5, 0.6) is 0 Å². The summed E-state index contributed by atoms with van der Waals surface area (Å²) in [6.07, 6.45) is 4.78. The average Bonchev–Trinajstić information content (AvgIpc) is 1.98. The second-order valence-corrected chi connectivity index (χ2v) is 2.25. The van der Waals surface area contributed by atoms with E-state index in [-0.39, 0.29) is 6.10 Å². The van der Waals surface area contributed by atoms with Crippen LogP contribution in [-0.2, 0) is 4.84 Å². The molecule has 0 bridgehead atoms. The van der Waals surface area contributed by atoms with Crippen LogP contribution in [0.25, 0.3) is 0 Å². The molecular weight excluding hydrogens is 126 g/mol. The summed E-state index contributed by atoms with van der Waals surface area (Å²) in [7, 11) is 0. The largest absolute Gasteiger partial charge is 0.393 e. The lowest BCUT2D eigenvalue weighted by Crippen LogP contribution is -2.00. The Morgan fingerprint density at radius 2 is 2.40 bits per heavy atom. The van der Waals surface area contributed by atoms with E-state index >= 15 is 0 Å². The van der Waals surface area contributed by atoms with Gasteiger partial charge in [-0.15, -0.1) is 0 Å². The molecule has 0 aliphatic rings. The van der Waals surface area contributed by atoms with Gasteiger partial charge in [0.05, 0.1) is 0 Å². The third kappa shape index (κ3) is 5.60. The molecule has 0 aromatic heterocycles. The molecule has 0 aromatic carbocycles. The Kier molecular flexibility index (Phi) is 6.24. The number of unbranched alkanes of at least 4 members (excludes halogenated alkanes) is 1. The molecule has 0 rings (SSSR count). The van der Waals surface area contributed by atoms with Crippen molar-refractivity contribution in [3.8, 4) is 0 Å². The maximum absolute atomic E-state index is 5.03. The van der Waals surface area contributed by atoms with Crippen LogP contribution in [0.1, 0.15) is 33.1 Å². The second-order valence-electron chi connectivity index (χ2n) is 2.25. The van der Waals surface area contributed by atoms with E-state index in [1.807, 2.05) is 6.92 Å². The SMILES string of the molecule is [CH2]CCC=NOC(C)CC. The molecule has 0 saturated heterocycles. The fraction of sp³-hybridized carbons (Fsp3) is 0.750. The summed E-state index contributed by atoms with van der Waals surface area (Å²) >= 11 is 0. The summed E-state index contributed by atoms with van der Waals surface area (Å²) in [5.41, 5.74) is 0. The molecule has 0 N–H and O–H groups in total. The molecule has 0 spiro atoms. The molecule has 0 heterocycles. The predicted molar refractivity (Wildman–Crippen MR) is 43.9 cm³/mol. The molecule has 0 amide bonds. The summed E-state index contributed by atoms with van der Waals surface area (Å²) < 4.78 is 0. The molecule has 1 radical (unpaired) electrons. The van der Waals surface area contributed by atoms with E-state index in [0.717, 1.165) is 19.3 Å². The third-order valence-electron chi connectivity index (χ3n) is 1.22. The van der Waals surface area contributed by atoms with Crippen LogP contribution in [0.3, 0.4) is 0 Å². The number of nitrogens with zero attached hydrogens (tertiary/aromatic N) is 1. The van der Waals surface area contributed by atoms with Crippen molar-refractivity contribution in [3.05, 3.63) is 6.92 Å². The fourth-order valence-electron chi connectivity index (χ4n) is 0.365. The number of rotatable bonds is 5. The zero-order valence-corrected chi connectivity index (χ0v) is 6.84. The molecule has 59 valence electrons. The van der Waals surface area contributed by atoms with Gasteiger partial charge in [0.15, 0.2) is 0 Å². The van der Waals surface area contributed by atoms with Crippen LogP contribution in [0.4, 0.5) is 0 Å². The standard InChI is InChI=1S/C8H16NO/c1-4-6-7-9-10-8(3)5-2/h7-8H,1,4-6H2,2-3H3. The zero-order chi connectivity index (χ0) is 7.82. The highest BCUT2D eigenvalue weighted by Crippen LogP contribution is 1.95. The summed E-state index contributed by atoms with van der Waals surface area (Å²) in [6.45, 7) is 7.75. The van der Waals surface area contributed by atoms with Gasteiger partial charge in [-0.1, -0.05) is 19.0 Å². The maximum Gasteiger partial charge on any atom is 0.124 e. The minimum atomic E-state index is 0.237. The lowest BCUT2D eigenvalue weighted by atomic mass is 10.3. The van der Waals surface area contributed by atoms with E-state index in [1.54, 1.807) is 6.21 Å². The van der Waals surface area contributed by atoms with Crippen LogP contribution in [-0.4, -0.2) is 12.3 Å². The summed E-state index contributed by atoms with van der Waals surface area (Å²) in [5, 5.41) is 3.77. The van der Waals surface area contributed by atoms with Gasteiger partial charge in [0, 0.05) is 6.21 Å². The number of hydrogen-bond donors (Lipinski definition) is 0. The van der Waals surface area contributed by atoms with Gasteiger partial charge in [-0.25, -0.2) is 0 Å². The van der Waals surface area contributed by atoms with Gasteiger partial charge in [0.25, 0.3) is 0 Å². The predicted octanol–water partition coefficient (Wildman–Crippen LogP) is 2.40. The minimum Gasteiger partial charge on any atom is -0.393 e. The first-order valence-corrected chi connectivity index (χ1v) is 3.78. The van der Waals surface area contributed by atoms with E-state index < -0.39 is 0 Å². The highest BCUT2D eigenvalue weighted by atomic mass is 16.6. The molecule has 2 heteroatoms. The summed E-state index contributed by atoms with van der Waals surface area (Å²) in [5.74, 6) is 0. The number of hydrogen-bond acceptors (Lipinski definition) is 2. The molecular formula is C8H16NO. The van der Waals surface area contributed by atoms with Crippen molar-refractivity contribution in [1.29, 1.82) is 0 Å². The van der Waals surface area contributed by atoms with Gasteiger partial charge in [-0.2, -0.15) is 0 Å². The molecule has 1 unspecified atom stereocenters. The molecule has 0 saturated carbocycles. The molecule has 0 aliphatic carbocycles. The van der Waals surface area contributed by atoms with E-state index in [1.165, 1.54) is 0 Å². The fourth-order valence-corrected chi connectivity index (χ4v) is 0.365. The highest BCUT2D eigenvalue weighted by Gasteiger charge is 1.93. The molecule has 2 nitrogen and oxygen atoms in total. The third-order valence-corrected chi connectivity index (χ3v) is 1.22. The lowest BCUT2D eigenvalue weighted by molar-refractivity contribution is 0.0707. The number of oxime groups is 1. The van der Waals surface area contributed by atoms with Gasteiger partial charge in [-0.05, 0) is 26.2 Å².